The van der Waals surface area contributed by atoms with Crippen LogP contribution in [0, 0.1) is 0 Å². The van der Waals surface area contributed by atoms with E-state index in [1.165, 1.54) is 0 Å². The predicted octanol–water partition coefficient (Wildman–Crippen LogP) is 12.7. The average molecular weight is 693 g/mol. The molecule has 6 aromatic carbocycles. The Labute approximate surface area is 316 Å². The standard InChI is InChI=1S/C50H36N4/c1-6-17-36(18-7-1)44-34-45(37-19-8-2-9-20-37)52-50(51-44)41-31-29-35(30-32-41)42-27-16-28-43(33-42)49-48(40-25-14-5-15-26-40)53-46(38-21-10-3-11-22-38)47(54-49)39-23-12-4-13-24-39/h1,3-8,10-34H,2,9H2. The van der Waals surface area contributed by atoms with Crippen LogP contribution in [0.5, 0.6) is 0 Å². The summed E-state index contributed by atoms with van der Waals surface area (Å²) in [6.45, 7) is 0. The summed E-state index contributed by atoms with van der Waals surface area (Å²) in [7, 11) is 0. The Morgan fingerprint density at radius 3 is 1.31 bits per heavy atom. The van der Waals surface area contributed by atoms with Crippen LogP contribution in [-0.2, 0) is 0 Å². The zero-order chi connectivity index (χ0) is 36.1. The van der Waals surface area contributed by atoms with Crippen molar-refractivity contribution in [2.45, 2.75) is 12.8 Å². The molecule has 8 aromatic rings. The highest BCUT2D eigenvalue weighted by Crippen LogP contribution is 2.38. The molecule has 54 heavy (non-hydrogen) atoms. The van der Waals surface area contributed by atoms with Crippen LogP contribution in [0.3, 0.4) is 0 Å². The lowest BCUT2D eigenvalue weighted by Crippen LogP contribution is -2.01. The number of hydrogen-bond acceptors (Lipinski definition) is 4. The third-order valence-electron chi connectivity index (χ3n) is 9.74. The second-order valence-corrected chi connectivity index (χ2v) is 13.3. The first-order valence-electron chi connectivity index (χ1n) is 18.4. The van der Waals surface area contributed by atoms with Crippen molar-refractivity contribution < 1.29 is 0 Å². The third kappa shape index (κ3) is 6.81. The maximum absolute atomic E-state index is 5.45. The molecule has 0 saturated carbocycles. The van der Waals surface area contributed by atoms with Crippen LogP contribution < -0.4 is 0 Å². The van der Waals surface area contributed by atoms with E-state index >= 15 is 0 Å². The highest BCUT2D eigenvalue weighted by atomic mass is 14.9. The summed E-state index contributed by atoms with van der Waals surface area (Å²) in [5.41, 5.74) is 14.7. The lowest BCUT2D eigenvalue weighted by molar-refractivity contribution is 1.03. The normalized spacial score (nSPS) is 12.3. The van der Waals surface area contributed by atoms with E-state index in [-0.39, 0.29) is 0 Å². The molecule has 0 saturated heterocycles. The van der Waals surface area contributed by atoms with Crippen LogP contribution >= 0.6 is 0 Å². The smallest absolute Gasteiger partial charge is 0.160 e. The van der Waals surface area contributed by atoms with Gasteiger partial charge in [0, 0.05) is 33.4 Å². The molecule has 2 heterocycles. The molecule has 9 rings (SSSR count). The van der Waals surface area contributed by atoms with E-state index in [1.54, 1.807) is 0 Å². The van der Waals surface area contributed by atoms with Gasteiger partial charge in [-0.3, -0.25) is 0 Å². The van der Waals surface area contributed by atoms with Crippen LogP contribution in [-0.4, -0.2) is 19.9 Å². The van der Waals surface area contributed by atoms with Gasteiger partial charge in [-0.15, -0.1) is 0 Å². The first-order chi connectivity index (χ1) is 26.8. The Bertz CT molecular complexity index is 2610. The molecule has 1 aliphatic carbocycles. The Kier molecular flexibility index (Phi) is 9.06. The van der Waals surface area contributed by atoms with E-state index in [4.69, 9.17) is 19.9 Å². The fourth-order valence-electron chi connectivity index (χ4n) is 6.97. The summed E-state index contributed by atoms with van der Waals surface area (Å²) in [6, 6.07) is 60.6. The fraction of sp³-hybridized carbons (Fsp3) is 0.0400. The summed E-state index contributed by atoms with van der Waals surface area (Å²) in [6.07, 6.45) is 8.73. The van der Waals surface area contributed by atoms with Gasteiger partial charge in [0.2, 0.25) is 0 Å². The van der Waals surface area contributed by atoms with Gasteiger partial charge in [-0.1, -0.05) is 182 Å². The summed E-state index contributed by atoms with van der Waals surface area (Å²) in [5.74, 6) is 0.709. The topological polar surface area (TPSA) is 51.6 Å². The number of benzene rings is 6. The number of nitrogens with zero attached hydrogens (tertiary/aromatic N) is 4. The van der Waals surface area contributed by atoms with Crippen LogP contribution in [0.15, 0.2) is 194 Å². The molecular formula is C50H36N4. The summed E-state index contributed by atoms with van der Waals surface area (Å²) >= 11 is 0. The van der Waals surface area contributed by atoms with E-state index in [2.05, 4.69) is 146 Å². The van der Waals surface area contributed by atoms with Gasteiger partial charge in [0.1, 0.15) is 0 Å². The average Bonchev–Trinajstić information content (AvgIpc) is 3.27. The molecule has 2 aromatic heterocycles. The Morgan fingerprint density at radius 1 is 0.315 bits per heavy atom. The highest BCUT2D eigenvalue weighted by Gasteiger charge is 2.20. The van der Waals surface area contributed by atoms with E-state index in [0.29, 0.717) is 5.82 Å². The first-order valence-corrected chi connectivity index (χ1v) is 18.4. The fourth-order valence-corrected chi connectivity index (χ4v) is 6.97. The Hall–Kier alpha value is -7.04. The zero-order valence-corrected chi connectivity index (χ0v) is 29.7. The molecule has 1 aliphatic rings. The van der Waals surface area contributed by atoms with E-state index in [0.717, 1.165) is 97.1 Å². The second kappa shape index (κ2) is 14.9. The van der Waals surface area contributed by atoms with Gasteiger partial charge in [-0.05, 0) is 41.7 Å². The van der Waals surface area contributed by atoms with Crippen LogP contribution in [0.2, 0.25) is 0 Å². The van der Waals surface area contributed by atoms with Gasteiger partial charge >= 0.3 is 0 Å². The molecule has 0 spiro atoms. The molecular weight excluding hydrogens is 657 g/mol. The van der Waals surface area contributed by atoms with Crippen molar-refractivity contribution in [3.05, 3.63) is 200 Å². The van der Waals surface area contributed by atoms with Crippen LogP contribution in [0.4, 0.5) is 0 Å². The molecule has 0 atom stereocenters. The molecule has 0 bridgehead atoms. The van der Waals surface area contributed by atoms with Gasteiger partial charge < -0.3 is 0 Å². The summed E-state index contributed by atoms with van der Waals surface area (Å²) in [4.78, 5) is 21.0. The molecule has 0 radical (unpaired) electrons. The Morgan fingerprint density at radius 2 is 0.778 bits per heavy atom. The van der Waals surface area contributed by atoms with Gasteiger partial charge in [0.15, 0.2) is 5.82 Å². The lowest BCUT2D eigenvalue weighted by atomic mass is 9.96. The minimum absolute atomic E-state index is 0.709. The molecule has 0 N–H and O–H groups in total. The number of rotatable bonds is 8. The largest absolute Gasteiger partial charge is 0.243 e. The van der Waals surface area contributed by atoms with Crippen molar-refractivity contribution in [1.29, 1.82) is 0 Å². The van der Waals surface area contributed by atoms with Gasteiger partial charge in [-0.2, -0.15) is 0 Å². The molecule has 0 unspecified atom stereocenters. The quantitative estimate of drug-likeness (QED) is 0.159. The zero-order valence-electron chi connectivity index (χ0n) is 29.7. The minimum Gasteiger partial charge on any atom is -0.243 e. The molecule has 0 fully saturated rings. The van der Waals surface area contributed by atoms with Crippen molar-refractivity contribution in [2.75, 3.05) is 0 Å². The monoisotopic (exact) mass is 692 g/mol. The van der Waals surface area contributed by atoms with Gasteiger partial charge in [0.25, 0.3) is 0 Å². The number of hydrogen-bond donors (Lipinski definition) is 0. The van der Waals surface area contributed by atoms with Gasteiger partial charge in [-0.25, -0.2) is 19.9 Å². The van der Waals surface area contributed by atoms with Crippen molar-refractivity contribution in [2.24, 2.45) is 0 Å². The first kappa shape index (κ1) is 32.8. The van der Waals surface area contributed by atoms with Gasteiger partial charge in [0.05, 0.1) is 34.2 Å². The maximum Gasteiger partial charge on any atom is 0.160 e. The minimum atomic E-state index is 0.709. The molecule has 0 aliphatic heterocycles. The summed E-state index contributed by atoms with van der Waals surface area (Å²) in [5, 5.41) is 0. The lowest BCUT2D eigenvalue weighted by Gasteiger charge is -2.16. The molecule has 0 amide bonds. The number of allylic oxidation sites excluding steroid dienone is 4. The number of aromatic nitrogens is 4. The van der Waals surface area contributed by atoms with Crippen LogP contribution in [0.25, 0.3) is 84.4 Å². The summed E-state index contributed by atoms with van der Waals surface area (Å²) < 4.78 is 0. The van der Waals surface area contributed by atoms with Crippen molar-refractivity contribution in [3.63, 3.8) is 0 Å². The molecule has 4 nitrogen and oxygen atoms in total. The van der Waals surface area contributed by atoms with Crippen LogP contribution in [0.1, 0.15) is 18.5 Å². The van der Waals surface area contributed by atoms with Crippen molar-refractivity contribution in [1.82, 2.24) is 19.9 Å². The van der Waals surface area contributed by atoms with E-state index in [9.17, 15) is 0 Å². The maximum atomic E-state index is 5.45. The SMILES string of the molecule is C1=CC(c2cc(-c3ccccc3)nc(-c3ccc(-c4cccc(-c5nc(-c6ccccc6)c(-c6ccccc6)nc5-c5ccccc5)c4)cc3)n2)=CCC1. The Balaban J connectivity index is 1.13. The van der Waals surface area contributed by atoms with E-state index < -0.39 is 0 Å². The highest BCUT2D eigenvalue weighted by molar-refractivity contribution is 5.87. The third-order valence-corrected chi connectivity index (χ3v) is 9.74. The van der Waals surface area contributed by atoms with Crippen molar-refractivity contribution in [3.8, 4) is 78.8 Å². The molecule has 256 valence electrons. The van der Waals surface area contributed by atoms with E-state index in [1.807, 2.05) is 48.5 Å². The predicted molar refractivity (Wildman–Crippen MR) is 222 cm³/mol. The molecule has 4 heteroatoms. The van der Waals surface area contributed by atoms with Crippen molar-refractivity contribution >= 4 is 5.57 Å². The second-order valence-electron chi connectivity index (χ2n) is 13.3.